The Bertz CT molecular complexity index is 1240. The maximum Gasteiger partial charge on any atom is 0.252 e. The summed E-state index contributed by atoms with van der Waals surface area (Å²) in [5.41, 5.74) is 6.28. The van der Waals surface area contributed by atoms with Gasteiger partial charge in [-0.25, -0.2) is 0 Å². The van der Waals surface area contributed by atoms with Gasteiger partial charge in [-0.3, -0.25) is 19.4 Å². The molecule has 2 aliphatic heterocycles. The van der Waals surface area contributed by atoms with Crippen molar-refractivity contribution in [2.24, 2.45) is 0 Å². The van der Waals surface area contributed by atoms with E-state index in [-0.39, 0.29) is 30.2 Å². The number of amides is 3. The maximum atomic E-state index is 13.1. The zero-order valence-corrected chi connectivity index (χ0v) is 19.1. The molecule has 33 heavy (non-hydrogen) atoms. The van der Waals surface area contributed by atoms with Gasteiger partial charge in [-0.15, -0.1) is 0 Å². The molecule has 8 heteroatoms. The number of benzene rings is 1. The van der Waals surface area contributed by atoms with E-state index in [1.54, 1.807) is 12.1 Å². The highest BCUT2D eigenvalue weighted by atomic mass is 32.1. The van der Waals surface area contributed by atoms with Crippen LogP contribution in [-0.2, 0) is 24.3 Å². The van der Waals surface area contributed by atoms with Gasteiger partial charge in [-0.1, -0.05) is 18.2 Å². The fourth-order valence-electron chi connectivity index (χ4n) is 4.62. The summed E-state index contributed by atoms with van der Waals surface area (Å²) in [4.78, 5) is 44.0. The second-order valence-corrected chi connectivity index (χ2v) is 9.18. The molecular weight excluding hydrogens is 436 g/mol. The highest BCUT2D eigenvalue weighted by Gasteiger charge is 2.32. The van der Waals surface area contributed by atoms with E-state index < -0.39 is 0 Å². The number of nitrogens with one attached hydrogen (secondary N) is 2. The number of rotatable bonds is 5. The number of pyridine rings is 1. The van der Waals surface area contributed by atoms with Crippen molar-refractivity contribution < 1.29 is 14.4 Å². The van der Waals surface area contributed by atoms with Crippen LogP contribution in [0.5, 0.6) is 0 Å². The Hall–Kier alpha value is -3.52. The molecule has 3 amide bonds. The van der Waals surface area contributed by atoms with Gasteiger partial charge >= 0.3 is 0 Å². The normalized spacial score (nSPS) is 16.7. The molecule has 4 heterocycles. The van der Waals surface area contributed by atoms with E-state index in [0.717, 1.165) is 27.9 Å². The van der Waals surface area contributed by atoms with E-state index >= 15 is 0 Å². The van der Waals surface area contributed by atoms with E-state index in [2.05, 4.69) is 15.6 Å². The molecule has 2 N–H and O–H groups in total. The van der Waals surface area contributed by atoms with E-state index in [9.17, 15) is 14.4 Å². The lowest BCUT2D eigenvalue weighted by atomic mass is 9.94. The summed E-state index contributed by atoms with van der Waals surface area (Å²) in [5, 5.41) is 9.63. The van der Waals surface area contributed by atoms with Gasteiger partial charge in [0.15, 0.2) is 0 Å². The smallest absolute Gasteiger partial charge is 0.252 e. The third kappa shape index (κ3) is 4.14. The molecule has 1 unspecified atom stereocenters. The fraction of sp³-hybridized carbons (Fsp3) is 0.280. The van der Waals surface area contributed by atoms with Gasteiger partial charge in [0.1, 0.15) is 0 Å². The number of aryl methyl sites for hydroxylation is 1. The van der Waals surface area contributed by atoms with E-state index in [0.29, 0.717) is 37.2 Å². The lowest BCUT2D eigenvalue weighted by Crippen LogP contribution is -2.38. The molecule has 0 saturated heterocycles. The summed E-state index contributed by atoms with van der Waals surface area (Å²) in [6, 6.07) is 8.93. The minimum Gasteiger partial charge on any atom is -0.348 e. The summed E-state index contributed by atoms with van der Waals surface area (Å²) >= 11 is 1.49. The van der Waals surface area contributed by atoms with Gasteiger partial charge < -0.3 is 15.5 Å². The molecule has 7 nitrogen and oxygen atoms in total. The molecule has 2 aromatic heterocycles. The van der Waals surface area contributed by atoms with Crippen LogP contribution in [0.25, 0.3) is 0 Å². The number of nitrogens with zero attached hydrogens (tertiary/aromatic N) is 2. The van der Waals surface area contributed by atoms with Crippen molar-refractivity contribution >= 4 is 29.1 Å². The van der Waals surface area contributed by atoms with Crippen LogP contribution in [0.15, 0.2) is 47.3 Å². The van der Waals surface area contributed by atoms with Gasteiger partial charge in [-0.05, 0) is 53.1 Å². The summed E-state index contributed by atoms with van der Waals surface area (Å²) in [5.74, 6) is -0.212. The first-order chi connectivity index (χ1) is 16.0. The Morgan fingerprint density at radius 1 is 1.27 bits per heavy atom. The maximum absolute atomic E-state index is 13.1. The molecule has 1 aromatic carbocycles. The number of aromatic nitrogens is 1. The average molecular weight is 461 g/mol. The number of fused-ring (bicyclic) bond motifs is 2. The first-order valence-electron chi connectivity index (χ1n) is 11.0. The monoisotopic (exact) mass is 460 g/mol. The minimum atomic E-state index is -0.290. The van der Waals surface area contributed by atoms with Crippen LogP contribution in [0.1, 0.15) is 61.1 Å². The molecule has 2 aliphatic rings. The number of thiophene rings is 1. The molecule has 0 radical (unpaired) electrons. The fourth-order valence-corrected chi connectivity index (χ4v) is 5.26. The molecule has 0 saturated carbocycles. The molecule has 0 spiro atoms. The zero-order valence-electron chi connectivity index (χ0n) is 18.3. The highest BCUT2D eigenvalue weighted by molar-refractivity contribution is 7.08. The molecule has 5 rings (SSSR count). The van der Waals surface area contributed by atoms with Gasteiger partial charge in [0.2, 0.25) is 5.91 Å². The zero-order chi connectivity index (χ0) is 22.9. The third-order valence-electron chi connectivity index (χ3n) is 6.42. The lowest BCUT2D eigenvalue weighted by Gasteiger charge is -2.31. The van der Waals surface area contributed by atoms with Crippen molar-refractivity contribution in [3.63, 3.8) is 0 Å². The second-order valence-electron chi connectivity index (χ2n) is 8.40. The van der Waals surface area contributed by atoms with Crippen LogP contribution >= 0.6 is 11.3 Å². The Morgan fingerprint density at radius 2 is 2.12 bits per heavy atom. The molecule has 168 valence electrons. The van der Waals surface area contributed by atoms with Crippen molar-refractivity contribution in [1.82, 2.24) is 20.5 Å². The summed E-state index contributed by atoms with van der Waals surface area (Å²) in [6.45, 7) is 3.44. The van der Waals surface area contributed by atoms with Gasteiger partial charge in [0.05, 0.1) is 12.5 Å². The standard InChI is InChI=1S/C25H24N4O3S/c1-15-21(12-27-24(31)16-7-9-33-14-16)18-6-8-29(13-17(18)11-26-15)23(30)10-22-19-4-2-3-5-20(19)25(32)28-22/h2-5,7,9,11,14,22H,6,8,10,12-13H2,1H3,(H,27,31)(H,28,32). The van der Waals surface area contributed by atoms with Gasteiger partial charge in [-0.2, -0.15) is 11.3 Å². The largest absolute Gasteiger partial charge is 0.348 e. The second kappa shape index (κ2) is 8.78. The van der Waals surface area contributed by atoms with E-state index in [1.807, 2.05) is 47.0 Å². The van der Waals surface area contributed by atoms with Crippen molar-refractivity contribution in [2.45, 2.75) is 38.9 Å². The number of hydrogen-bond donors (Lipinski definition) is 2. The summed E-state index contributed by atoms with van der Waals surface area (Å²) in [6.07, 6.45) is 2.78. The van der Waals surface area contributed by atoms with Gasteiger partial charge in [0, 0.05) is 48.0 Å². The van der Waals surface area contributed by atoms with E-state index in [1.165, 1.54) is 11.3 Å². The molecule has 0 fully saturated rings. The number of carbonyl (C=O) groups excluding carboxylic acids is 3. The van der Waals surface area contributed by atoms with Crippen molar-refractivity contribution in [2.75, 3.05) is 6.54 Å². The number of hydrogen-bond acceptors (Lipinski definition) is 5. The Labute approximate surface area is 195 Å². The predicted octanol–water partition coefficient (Wildman–Crippen LogP) is 3.14. The summed E-state index contributed by atoms with van der Waals surface area (Å²) < 4.78 is 0. The SMILES string of the molecule is Cc1ncc2c(c1CNC(=O)c1ccsc1)CCN(C(=O)CC1NC(=O)c3ccccc31)C2. The van der Waals surface area contributed by atoms with Crippen LogP contribution in [0, 0.1) is 6.92 Å². The topological polar surface area (TPSA) is 91.4 Å². The highest BCUT2D eigenvalue weighted by Crippen LogP contribution is 2.30. The molecule has 3 aromatic rings. The Kier molecular flexibility index (Phi) is 5.68. The van der Waals surface area contributed by atoms with E-state index in [4.69, 9.17) is 0 Å². The first-order valence-corrected chi connectivity index (χ1v) is 11.9. The van der Waals surface area contributed by atoms with Gasteiger partial charge in [0.25, 0.3) is 11.8 Å². The molecule has 0 bridgehead atoms. The predicted molar refractivity (Wildman–Crippen MR) is 125 cm³/mol. The van der Waals surface area contributed by atoms with Crippen LogP contribution in [-0.4, -0.2) is 34.2 Å². The quantitative estimate of drug-likeness (QED) is 0.612. The Morgan fingerprint density at radius 3 is 2.94 bits per heavy atom. The van der Waals surface area contributed by atoms with Crippen molar-refractivity contribution in [1.29, 1.82) is 0 Å². The molecular formula is C25H24N4O3S. The average Bonchev–Trinajstić information content (AvgIpc) is 3.47. The minimum absolute atomic E-state index is 0.00976. The lowest BCUT2D eigenvalue weighted by molar-refractivity contribution is -0.132. The number of carbonyl (C=O) groups is 3. The van der Waals surface area contributed by atoms with Crippen LogP contribution in [0.4, 0.5) is 0 Å². The molecule has 0 aliphatic carbocycles. The van der Waals surface area contributed by atoms with Crippen LogP contribution in [0.2, 0.25) is 0 Å². The third-order valence-corrected chi connectivity index (χ3v) is 7.11. The molecule has 1 atom stereocenters. The Balaban J connectivity index is 1.27. The van der Waals surface area contributed by atoms with Crippen LogP contribution < -0.4 is 10.6 Å². The van der Waals surface area contributed by atoms with Crippen LogP contribution in [0.3, 0.4) is 0 Å². The summed E-state index contributed by atoms with van der Waals surface area (Å²) in [7, 11) is 0. The first kappa shape index (κ1) is 21.3. The van der Waals surface area contributed by atoms with Crippen molar-refractivity contribution in [3.05, 3.63) is 86.4 Å². The van der Waals surface area contributed by atoms with Crippen molar-refractivity contribution in [3.8, 4) is 0 Å².